The lowest BCUT2D eigenvalue weighted by Crippen LogP contribution is -2.59. The van der Waals surface area contributed by atoms with Crippen molar-refractivity contribution in [1.29, 1.82) is 0 Å². The topological polar surface area (TPSA) is 69.6 Å². The summed E-state index contributed by atoms with van der Waals surface area (Å²) in [6.07, 6.45) is 2.33. The molecule has 3 aliphatic rings. The lowest BCUT2D eigenvalue weighted by Gasteiger charge is -2.49. The largest absolute Gasteiger partial charge is 0.391 e. The minimum absolute atomic E-state index is 0.00333. The highest BCUT2D eigenvalue weighted by molar-refractivity contribution is 7.79. The molecule has 4 nitrogen and oxygen atoms in total. The monoisotopic (exact) mass is 219 g/mol. The van der Waals surface area contributed by atoms with Crippen molar-refractivity contribution in [3.63, 3.8) is 0 Å². The van der Waals surface area contributed by atoms with Gasteiger partial charge in [-0.05, 0) is 38.1 Å². The van der Waals surface area contributed by atoms with E-state index in [4.69, 9.17) is 4.55 Å². The molecule has 3 fully saturated rings. The summed E-state index contributed by atoms with van der Waals surface area (Å²) in [5, 5.41) is 12.8. The van der Waals surface area contributed by atoms with Crippen LogP contribution in [-0.2, 0) is 11.1 Å². The zero-order chi connectivity index (χ0) is 10.3. The standard InChI is InChI=1S/C9H17NO3S/c1-10-8-6-3-2-5(9(8)11)4-7(6)14(12)13/h5-11H,2-4H2,1H3,(H,12,13). The summed E-state index contributed by atoms with van der Waals surface area (Å²) < 4.78 is 20.3. The Bertz CT molecular complexity index is 248. The first kappa shape index (κ1) is 10.5. The van der Waals surface area contributed by atoms with E-state index in [1.807, 2.05) is 7.05 Å². The molecule has 2 bridgehead atoms. The van der Waals surface area contributed by atoms with E-state index >= 15 is 0 Å². The van der Waals surface area contributed by atoms with Crippen molar-refractivity contribution in [2.75, 3.05) is 7.05 Å². The summed E-state index contributed by atoms with van der Waals surface area (Å²) in [4.78, 5) is 0. The maximum atomic E-state index is 11.1. The molecule has 3 aliphatic carbocycles. The maximum absolute atomic E-state index is 11.1. The van der Waals surface area contributed by atoms with Gasteiger partial charge in [0, 0.05) is 6.04 Å². The van der Waals surface area contributed by atoms with Gasteiger partial charge < -0.3 is 15.0 Å². The number of rotatable bonds is 2. The van der Waals surface area contributed by atoms with E-state index < -0.39 is 11.1 Å². The van der Waals surface area contributed by atoms with Gasteiger partial charge in [-0.15, -0.1) is 0 Å². The van der Waals surface area contributed by atoms with Crippen LogP contribution in [0.5, 0.6) is 0 Å². The lowest BCUT2D eigenvalue weighted by molar-refractivity contribution is -0.0268. The van der Waals surface area contributed by atoms with Gasteiger partial charge in [0.05, 0.1) is 11.4 Å². The lowest BCUT2D eigenvalue weighted by atomic mass is 9.66. The molecule has 0 aliphatic heterocycles. The fraction of sp³-hybridized carbons (Fsp3) is 1.00. The van der Waals surface area contributed by atoms with Crippen molar-refractivity contribution >= 4 is 11.1 Å². The minimum atomic E-state index is -1.74. The van der Waals surface area contributed by atoms with Crippen LogP contribution >= 0.6 is 0 Å². The molecule has 0 aromatic rings. The number of nitrogens with one attached hydrogen (secondary N) is 1. The molecule has 6 unspecified atom stereocenters. The Morgan fingerprint density at radius 2 is 2.14 bits per heavy atom. The fourth-order valence-corrected chi connectivity index (χ4v) is 4.08. The molecule has 0 saturated heterocycles. The van der Waals surface area contributed by atoms with Crippen molar-refractivity contribution in [2.45, 2.75) is 36.7 Å². The fourth-order valence-electron chi connectivity index (χ4n) is 3.07. The molecule has 3 saturated carbocycles. The van der Waals surface area contributed by atoms with Crippen molar-refractivity contribution in [3.8, 4) is 0 Å². The van der Waals surface area contributed by atoms with Gasteiger partial charge in [-0.1, -0.05) is 0 Å². The van der Waals surface area contributed by atoms with Crippen molar-refractivity contribution in [1.82, 2.24) is 5.32 Å². The van der Waals surface area contributed by atoms with Gasteiger partial charge in [0.15, 0.2) is 11.1 Å². The molecular formula is C9H17NO3S. The second-order valence-corrected chi connectivity index (χ2v) is 5.51. The average molecular weight is 219 g/mol. The van der Waals surface area contributed by atoms with Crippen LogP contribution in [0.4, 0.5) is 0 Å². The SMILES string of the molecule is CNC1C(O)C2CCC1C(S(=O)O)C2. The quantitative estimate of drug-likeness (QED) is 0.570. The highest BCUT2D eigenvalue weighted by Crippen LogP contribution is 2.43. The van der Waals surface area contributed by atoms with Gasteiger partial charge in [-0.2, -0.15) is 0 Å². The van der Waals surface area contributed by atoms with E-state index in [-0.39, 0.29) is 29.2 Å². The normalized spacial score (nSPS) is 49.2. The number of aliphatic hydroxyl groups excluding tert-OH is 1. The van der Waals surface area contributed by atoms with Crippen LogP contribution in [0.15, 0.2) is 0 Å². The van der Waals surface area contributed by atoms with Gasteiger partial charge in [0.25, 0.3) is 0 Å². The van der Waals surface area contributed by atoms with E-state index in [9.17, 15) is 9.32 Å². The minimum Gasteiger partial charge on any atom is -0.391 e. The average Bonchev–Trinajstić information content (AvgIpc) is 2.18. The first-order valence-corrected chi connectivity index (χ1v) is 6.27. The Kier molecular flexibility index (Phi) is 2.93. The molecule has 3 N–H and O–H groups in total. The van der Waals surface area contributed by atoms with Crippen LogP contribution < -0.4 is 5.32 Å². The number of hydrogen-bond acceptors (Lipinski definition) is 3. The molecule has 0 aromatic carbocycles. The Balaban J connectivity index is 2.19. The molecule has 0 aromatic heterocycles. The van der Waals surface area contributed by atoms with E-state index in [0.717, 1.165) is 12.8 Å². The highest BCUT2D eigenvalue weighted by atomic mass is 32.2. The molecule has 3 rings (SSSR count). The predicted octanol–water partition coefficient (Wildman–Crippen LogP) is -0.0445. The summed E-state index contributed by atoms with van der Waals surface area (Å²) in [6.45, 7) is 0. The van der Waals surface area contributed by atoms with E-state index in [0.29, 0.717) is 6.42 Å². The third-order valence-electron chi connectivity index (χ3n) is 3.79. The zero-order valence-corrected chi connectivity index (χ0v) is 9.04. The molecule has 0 heterocycles. The second-order valence-electron chi connectivity index (χ2n) is 4.36. The van der Waals surface area contributed by atoms with Crippen LogP contribution in [0.2, 0.25) is 0 Å². The molecule has 14 heavy (non-hydrogen) atoms. The van der Waals surface area contributed by atoms with Gasteiger partial charge in [-0.3, -0.25) is 0 Å². The summed E-state index contributed by atoms with van der Waals surface area (Å²) in [5.41, 5.74) is 0. The molecular weight excluding hydrogens is 202 g/mol. The summed E-state index contributed by atoms with van der Waals surface area (Å²) in [5.74, 6) is 0.365. The summed E-state index contributed by atoms with van der Waals surface area (Å²) >= 11 is -1.74. The van der Waals surface area contributed by atoms with E-state index in [2.05, 4.69) is 5.32 Å². The zero-order valence-electron chi connectivity index (χ0n) is 8.22. The molecule has 0 radical (unpaired) electrons. The Hall–Kier alpha value is 0.0300. The van der Waals surface area contributed by atoms with Gasteiger partial charge >= 0.3 is 0 Å². The second kappa shape index (κ2) is 3.89. The number of fused-ring (bicyclic) bond motifs is 3. The molecule has 82 valence electrons. The summed E-state index contributed by atoms with van der Waals surface area (Å²) in [7, 11) is 1.81. The van der Waals surface area contributed by atoms with Crippen LogP contribution in [0, 0.1) is 11.8 Å². The number of hydrogen-bond donors (Lipinski definition) is 3. The smallest absolute Gasteiger partial charge is 0.156 e. The Labute approximate surface area is 86.4 Å². The molecule has 5 heteroatoms. The maximum Gasteiger partial charge on any atom is 0.156 e. The highest BCUT2D eigenvalue weighted by Gasteiger charge is 2.49. The molecule has 6 atom stereocenters. The first-order valence-electron chi connectivity index (χ1n) is 5.10. The first-order chi connectivity index (χ1) is 6.65. The van der Waals surface area contributed by atoms with Gasteiger partial charge in [-0.25, -0.2) is 4.21 Å². The van der Waals surface area contributed by atoms with Crippen molar-refractivity contribution < 1.29 is 13.9 Å². The van der Waals surface area contributed by atoms with E-state index in [1.165, 1.54) is 0 Å². The number of likely N-dealkylation sites (N-methyl/N-ethyl adjacent to an activating group) is 1. The van der Waals surface area contributed by atoms with Crippen LogP contribution in [0.3, 0.4) is 0 Å². The van der Waals surface area contributed by atoms with Crippen LogP contribution in [0.25, 0.3) is 0 Å². The van der Waals surface area contributed by atoms with Crippen molar-refractivity contribution in [3.05, 3.63) is 0 Å². The predicted molar refractivity (Wildman–Crippen MR) is 54.2 cm³/mol. The van der Waals surface area contributed by atoms with Crippen LogP contribution in [0.1, 0.15) is 19.3 Å². The number of aliphatic hydroxyl groups is 1. The van der Waals surface area contributed by atoms with Crippen molar-refractivity contribution in [2.24, 2.45) is 11.8 Å². The van der Waals surface area contributed by atoms with Gasteiger partial charge in [0.1, 0.15) is 0 Å². The molecule has 0 amide bonds. The Morgan fingerprint density at radius 1 is 1.43 bits per heavy atom. The molecule has 0 spiro atoms. The van der Waals surface area contributed by atoms with E-state index in [1.54, 1.807) is 0 Å². The Morgan fingerprint density at radius 3 is 2.71 bits per heavy atom. The van der Waals surface area contributed by atoms with Crippen LogP contribution in [-0.4, -0.2) is 38.3 Å². The third-order valence-corrected chi connectivity index (χ3v) is 4.85. The van der Waals surface area contributed by atoms with Gasteiger partial charge in [0.2, 0.25) is 0 Å². The summed E-state index contributed by atoms with van der Waals surface area (Å²) in [6, 6.07) is 0.00333. The third kappa shape index (κ3) is 1.52.